The van der Waals surface area contributed by atoms with E-state index in [0.717, 1.165) is 0 Å². The Morgan fingerprint density at radius 3 is 2.31 bits per heavy atom. The van der Waals surface area contributed by atoms with E-state index in [1.165, 1.54) is 12.1 Å². The molecule has 0 unspecified atom stereocenters. The van der Waals surface area contributed by atoms with Gasteiger partial charge in [0.05, 0.1) is 28.6 Å². The highest BCUT2D eigenvalue weighted by Gasteiger charge is 2.26. The number of pyridine rings is 1. The van der Waals surface area contributed by atoms with Crippen molar-refractivity contribution in [3.05, 3.63) is 83.4 Å². The van der Waals surface area contributed by atoms with Gasteiger partial charge in [0.25, 0.3) is 11.8 Å². The van der Waals surface area contributed by atoms with Crippen LogP contribution in [0.5, 0.6) is 5.75 Å². The molecule has 8 heteroatoms. The molecular weight excluding hydrogens is 447 g/mol. The number of ether oxygens (including phenoxy) is 1. The molecule has 2 aromatic carbocycles. The van der Waals surface area contributed by atoms with E-state index in [4.69, 9.17) is 9.72 Å². The predicted octanol–water partition coefficient (Wildman–Crippen LogP) is 5.57. The monoisotopic (exact) mass is 474 g/mol. The molecular formula is C27H27FN4O3. The van der Waals surface area contributed by atoms with Crippen LogP contribution in [-0.4, -0.2) is 27.5 Å². The summed E-state index contributed by atoms with van der Waals surface area (Å²) in [6.07, 6.45) is 0.316. The SMILES string of the molecule is CCc1nc2c(cc1NC(=O)c1ccccc1)c(OC(C)C)c(C(=O)Nc1ccccc1F)n2C. The van der Waals surface area contributed by atoms with Gasteiger partial charge in [-0.25, -0.2) is 9.37 Å². The molecule has 0 bridgehead atoms. The highest BCUT2D eigenvalue weighted by atomic mass is 19.1. The number of benzene rings is 2. The van der Waals surface area contributed by atoms with Crippen molar-refractivity contribution in [2.24, 2.45) is 7.05 Å². The van der Waals surface area contributed by atoms with Gasteiger partial charge in [0.2, 0.25) is 0 Å². The van der Waals surface area contributed by atoms with Crippen molar-refractivity contribution in [1.82, 2.24) is 9.55 Å². The summed E-state index contributed by atoms with van der Waals surface area (Å²) in [6.45, 7) is 5.64. The number of fused-ring (bicyclic) bond motifs is 1. The molecule has 0 aliphatic rings. The fourth-order valence-electron chi connectivity index (χ4n) is 3.87. The van der Waals surface area contributed by atoms with Crippen molar-refractivity contribution < 1.29 is 18.7 Å². The maximum absolute atomic E-state index is 14.2. The third-order valence-corrected chi connectivity index (χ3v) is 5.50. The van der Waals surface area contributed by atoms with Crippen LogP contribution in [-0.2, 0) is 13.5 Å². The lowest BCUT2D eigenvalue weighted by molar-refractivity contribution is 0.100. The average molecular weight is 475 g/mol. The molecule has 0 fully saturated rings. The lowest BCUT2D eigenvalue weighted by atomic mass is 10.1. The number of aryl methyl sites for hydroxylation is 2. The number of carbonyl (C=O) groups excluding carboxylic acids is 2. The van der Waals surface area contributed by atoms with E-state index >= 15 is 0 Å². The van der Waals surface area contributed by atoms with E-state index in [2.05, 4.69) is 10.6 Å². The zero-order valence-electron chi connectivity index (χ0n) is 20.1. The summed E-state index contributed by atoms with van der Waals surface area (Å²) in [4.78, 5) is 30.9. The first kappa shape index (κ1) is 23.9. The third-order valence-electron chi connectivity index (χ3n) is 5.50. The Kier molecular flexibility index (Phi) is 6.82. The van der Waals surface area contributed by atoms with Crippen molar-refractivity contribution in [3.8, 4) is 5.75 Å². The van der Waals surface area contributed by atoms with Crippen LogP contribution in [0.25, 0.3) is 11.0 Å². The fourth-order valence-corrected chi connectivity index (χ4v) is 3.87. The van der Waals surface area contributed by atoms with Crippen LogP contribution in [0.3, 0.4) is 0 Å². The molecule has 4 aromatic rings. The van der Waals surface area contributed by atoms with E-state index in [0.29, 0.717) is 40.1 Å². The molecule has 2 aromatic heterocycles. The topological polar surface area (TPSA) is 85.2 Å². The van der Waals surface area contributed by atoms with E-state index < -0.39 is 11.7 Å². The highest BCUT2D eigenvalue weighted by Crippen LogP contribution is 2.36. The Morgan fingerprint density at radius 1 is 1.00 bits per heavy atom. The van der Waals surface area contributed by atoms with Gasteiger partial charge in [0, 0.05) is 12.6 Å². The number of hydrogen-bond acceptors (Lipinski definition) is 4. The molecule has 2 heterocycles. The van der Waals surface area contributed by atoms with Crippen LogP contribution in [0, 0.1) is 5.82 Å². The zero-order chi connectivity index (χ0) is 25.1. The molecule has 0 atom stereocenters. The average Bonchev–Trinajstić information content (AvgIpc) is 3.10. The smallest absolute Gasteiger partial charge is 0.276 e. The van der Waals surface area contributed by atoms with Crippen LogP contribution < -0.4 is 15.4 Å². The summed E-state index contributed by atoms with van der Waals surface area (Å²) in [5, 5.41) is 6.14. The minimum atomic E-state index is -0.539. The molecule has 0 aliphatic heterocycles. The number of amides is 2. The first-order valence-electron chi connectivity index (χ1n) is 11.4. The summed E-state index contributed by atoms with van der Waals surface area (Å²) in [6, 6.07) is 16.6. The maximum Gasteiger partial charge on any atom is 0.276 e. The number of rotatable bonds is 7. The van der Waals surface area contributed by atoms with Crippen LogP contribution in [0.1, 0.15) is 47.3 Å². The number of para-hydroxylation sites is 1. The summed E-state index contributed by atoms with van der Waals surface area (Å²) in [5.41, 5.74) is 2.52. The Bertz CT molecular complexity index is 1400. The first-order valence-corrected chi connectivity index (χ1v) is 11.4. The molecule has 0 spiro atoms. The van der Waals surface area contributed by atoms with Crippen molar-refractivity contribution in [3.63, 3.8) is 0 Å². The van der Waals surface area contributed by atoms with Crippen molar-refractivity contribution >= 4 is 34.2 Å². The minimum Gasteiger partial charge on any atom is -0.488 e. The molecule has 0 radical (unpaired) electrons. The van der Waals surface area contributed by atoms with Gasteiger partial charge in [-0.3, -0.25) is 9.59 Å². The Balaban J connectivity index is 1.82. The second kappa shape index (κ2) is 9.97. The molecule has 0 saturated carbocycles. The molecule has 2 amide bonds. The summed E-state index contributed by atoms with van der Waals surface area (Å²) < 4.78 is 21.9. The Hall–Kier alpha value is -4.20. The number of halogens is 1. The number of nitrogens with one attached hydrogen (secondary N) is 2. The highest BCUT2D eigenvalue weighted by molar-refractivity contribution is 6.11. The normalized spacial score (nSPS) is 11.0. The minimum absolute atomic E-state index is 0.0660. The van der Waals surface area contributed by atoms with Gasteiger partial charge in [-0.15, -0.1) is 0 Å². The molecule has 0 saturated heterocycles. The number of aromatic nitrogens is 2. The number of carbonyl (C=O) groups is 2. The van der Waals surface area contributed by atoms with Crippen molar-refractivity contribution in [1.29, 1.82) is 0 Å². The molecule has 2 N–H and O–H groups in total. The van der Waals surface area contributed by atoms with Gasteiger partial charge in [-0.2, -0.15) is 0 Å². The van der Waals surface area contributed by atoms with Gasteiger partial charge < -0.3 is 19.9 Å². The quantitative estimate of drug-likeness (QED) is 0.367. The molecule has 35 heavy (non-hydrogen) atoms. The van der Waals surface area contributed by atoms with E-state index in [1.54, 1.807) is 54.1 Å². The van der Waals surface area contributed by atoms with Gasteiger partial charge in [0.15, 0.2) is 11.4 Å². The lowest BCUT2D eigenvalue weighted by Gasteiger charge is -2.13. The summed E-state index contributed by atoms with van der Waals surface area (Å²) >= 11 is 0. The lowest BCUT2D eigenvalue weighted by Crippen LogP contribution is -2.19. The zero-order valence-corrected chi connectivity index (χ0v) is 20.1. The summed E-state index contributed by atoms with van der Waals surface area (Å²) in [7, 11) is 1.71. The van der Waals surface area contributed by atoms with Crippen LogP contribution >= 0.6 is 0 Å². The second-order valence-electron chi connectivity index (χ2n) is 8.36. The standard InChI is InChI=1S/C27H27FN4O3/c1-5-20-22(31-26(33)17-11-7-6-8-12-17)15-18-24(35-16(2)3)23(32(4)25(18)29-20)27(34)30-21-14-10-9-13-19(21)28/h6-16H,5H2,1-4H3,(H,30,34)(H,31,33). The van der Waals surface area contributed by atoms with Crippen LogP contribution in [0.15, 0.2) is 60.7 Å². The molecule has 180 valence electrons. The third kappa shape index (κ3) is 4.87. The van der Waals surface area contributed by atoms with Crippen molar-refractivity contribution in [2.45, 2.75) is 33.3 Å². The second-order valence-corrected chi connectivity index (χ2v) is 8.36. The largest absolute Gasteiger partial charge is 0.488 e. The number of hydrogen-bond donors (Lipinski definition) is 2. The van der Waals surface area contributed by atoms with Crippen LogP contribution in [0.4, 0.5) is 15.8 Å². The van der Waals surface area contributed by atoms with E-state index in [-0.39, 0.29) is 23.4 Å². The Morgan fingerprint density at radius 2 is 1.66 bits per heavy atom. The number of nitrogens with zero attached hydrogens (tertiary/aromatic N) is 2. The van der Waals surface area contributed by atoms with E-state index in [1.807, 2.05) is 26.8 Å². The number of anilines is 2. The van der Waals surface area contributed by atoms with Gasteiger partial charge in [0.1, 0.15) is 11.5 Å². The van der Waals surface area contributed by atoms with E-state index in [9.17, 15) is 14.0 Å². The van der Waals surface area contributed by atoms with Crippen molar-refractivity contribution in [2.75, 3.05) is 10.6 Å². The maximum atomic E-state index is 14.2. The molecule has 0 aliphatic carbocycles. The fraction of sp³-hybridized carbons (Fsp3) is 0.222. The summed E-state index contributed by atoms with van der Waals surface area (Å²) in [5.74, 6) is -1.01. The molecule has 4 rings (SSSR count). The Labute approximate surface area is 202 Å². The van der Waals surface area contributed by atoms with Gasteiger partial charge in [-0.1, -0.05) is 37.3 Å². The first-order chi connectivity index (χ1) is 16.8. The molecule has 7 nitrogen and oxygen atoms in total. The van der Waals surface area contributed by atoms with Crippen LogP contribution in [0.2, 0.25) is 0 Å². The van der Waals surface area contributed by atoms with Gasteiger partial charge in [-0.05, 0) is 50.6 Å². The predicted molar refractivity (Wildman–Crippen MR) is 135 cm³/mol. The van der Waals surface area contributed by atoms with Gasteiger partial charge >= 0.3 is 0 Å².